The minimum Gasteiger partial charge on any atom is -0.478 e. The molecule has 8 heteroatoms. The van der Waals surface area contributed by atoms with Gasteiger partial charge in [0.2, 0.25) is 0 Å². The van der Waals surface area contributed by atoms with Gasteiger partial charge in [-0.05, 0) is 100 Å². The number of carboxylic acids is 1. The van der Waals surface area contributed by atoms with Gasteiger partial charge in [-0.15, -0.1) is 0 Å². The summed E-state index contributed by atoms with van der Waals surface area (Å²) in [7, 11) is 1.32. The summed E-state index contributed by atoms with van der Waals surface area (Å²) >= 11 is 0. The average molecular weight is 593 g/mol. The number of allylic oxidation sites excluding steroid dienone is 3. The summed E-state index contributed by atoms with van der Waals surface area (Å²) in [6.45, 7) is 18.3. The molecule has 1 fully saturated rings. The lowest BCUT2D eigenvalue weighted by atomic mass is 9.52. The van der Waals surface area contributed by atoms with Crippen molar-refractivity contribution in [1.29, 1.82) is 0 Å². The monoisotopic (exact) mass is 592 g/mol. The molecule has 44 heavy (non-hydrogen) atoms. The van der Waals surface area contributed by atoms with Crippen LogP contribution in [0.25, 0.3) is 30.4 Å². The Morgan fingerprint density at radius 3 is 2.02 bits per heavy atom. The highest BCUT2D eigenvalue weighted by molar-refractivity contribution is 5.99. The number of carboxylic acid groups (broad SMARTS) is 1. The van der Waals surface area contributed by atoms with Crippen LogP contribution in [0.1, 0.15) is 76.4 Å². The van der Waals surface area contributed by atoms with E-state index in [1.807, 2.05) is 19.1 Å². The first-order valence-corrected chi connectivity index (χ1v) is 14.9. The normalized spacial score (nSPS) is 23.7. The number of H-pyrrole nitrogens is 3. The Morgan fingerprint density at radius 1 is 0.864 bits per heavy atom. The van der Waals surface area contributed by atoms with Crippen molar-refractivity contribution in [3.63, 3.8) is 0 Å². The Bertz CT molecular complexity index is 2010. The lowest BCUT2D eigenvalue weighted by Crippen LogP contribution is -2.52. The third-order valence-corrected chi connectivity index (χ3v) is 10.9. The molecule has 6 rings (SSSR count). The van der Waals surface area contributed by atoms with Crippen molar-refractivity contribution < 1.29 is 19.4 Å². The van der Waals surface area contributed by atoms with Gasteiger partial charge in [-0.25, -0.2) is 4.79 Å². The molecule has 0 radical (unpaired) electrons. The second-order valence-corrected chi connectivity index (χ2v) is 12.7. The number of hydrogen-bond donors (Lipinski definition) is 5. The molecule has 5 heterocycles. The van der Waals surface area contributed by atoms with Gasteiger partial charge in [-0.3, -0.25) is 4.79 Å². The zero-order valence-electron chi connectivity index (χ0n) is 26.6. The van der Waals surface area contributed by atoms with Gasteiger partial charge in [0.25, 0.3) is 0 Å². The maximum atomic E-state index is 13.7. The average Bonchev–Trinajstić information content (AvgIpc) is 3.62. The van der Waals surface area contributed by atoms with E-state index in [1.165, 1.54) is 12.7 Å². The predicted octanol–water partition coefficient (Wildman–Crippen LogP) is 5.03. The van der Waals surface area contributed by atoms with Crippen LogP contribution in [-0.2, 0) is 14.3 Å². The van der Waals surface area contributed by atoms with E-state index >= 15 is 0 Å². The summed E-state index contributed by atoms with van der Waals surface area (Å²) in [5, 5.41) is 16.0. The summed E-state index contributed by atoms with van der Waals surface area (Å²) in [6, 6.07) is 0. The van der Waals surface area contributed by atoms with Gasteiger partial charge in [0.15, 0.2) is 0 Å². The molecule has 8 nitrogen and oxygen atoms in total. The van der Waals surface area contributed by atoms with Crippen LogP contribution in [0.2, 0.25) is 0 Å². The largest absolute Gasteiger partial charge is 0.478 e. The van der Waals surface area contributed by atoms with E-state index in [-0.39, 0.29) is 11.5 Å². The van der Waals surface area contributed by atoms with Crippen molar-refractivity contribution in [2.45, 2.75) is 54.9 Å². The van der Waals surface area contributed by atoms with Gasteiger partial charge in [-0.1, -0.05) is 25.7 Å². The molecule has 0 aromatic carbocycles. The number of aromatic nitrogens is 3. The topological polar surface area (TPSA) is 123 Å². The van der Waals surface area contributed by atoms with Crippen molar-refractivity contribution >= 4 is 42.3 Å². The van der Waals surface area contributed by atoms with Gasteiger partial charge in [0, 0.05) is 61.8 Å². The minimum absolute atomic E-state index is 0.0476. The standard InChI is InChI=1S/C36H40N4O4/c1-10-22-21(6)28-15-31-23-11-12-24(33(41)42)36(8,34(43)44-9)35(23,7)32(40-31)16-29-20(5)19(4)26(38-29)13-25-17(2)18(3)27(37-25)14-30(22)39-28/h10,12-16,23,37-40H,1,11H2,2-9H3,(H,41,42). The van der Waals surface area contributed by atoms with Crippen LogP contribution in [0, 0.1) is 51.4 Å². The molecule has 0 saturated carbocycles. The van der Waals surface area contributed by atoms with Crippen LogP contribution >= 0.6 is 0 Å². The number of carbonyl (C=O) groups is 2. The smallest absolute Gasteiger partial charge is 0.332 e. The molecule has 3 aromatic heterocycles. The van der Waals surface area contributed by atoms with E-state index in [4.69, 9.17) is 4.74 Å². The predicted molar refractivity (Wildman–Crippen MR) is 174 cm³/mol. The molecule has 1 aliphatic carbocycles. The molecular formula is C36H40N4O4. The first-order chi connectivity index (χ1) is 20.8. The molecule has 3 atom stereocenters. The Kier molecular flexibility index (Phi) is 6.61. The van der Waals surface area contributed by atoms with Gasteiger partial charge in [-0.2, -0.15) is 0 Å². The molecule has 3 aliphatic rings. The third kappa shape index (κ3) is 3.82. The molecule has 5 N–H and O–H groups in total. The Hall–Kier alpha value is -4.72. The quantitative estimate of drug-likeness (QED) is 0.273. The molecule has 3 aromatic rings. The number of ether oxygens (including phenoxy) is 1. The van der Waals surface area contributed by atoms with E-state index in [0.717, 1.165) is 72.7 Å². The van der Waals surface area contributed by atoms with E-state index in [0.29, 0.717) is 6.42 Å². The molecule has 2 aliphatic heterocycles. The van der Waals surface area contributed by atoms with Crippen LogP contribution in [0.3, 0.4) is 0 Å². The molecule has 3 unspecified atom stereocenters. The van der Waals surface area contributed by atoms with E-state index in [9.17, 15) is 14.7 Å². The summed E-state index contributed by atoms with van der Waals surface area (Å²) in [4.78, 5) is 37.2. The summed E-state index contributed by atoms with van der Waals surface area (Å²) in [5.41, 5.74) is 9.56. The number of esters is 1. The molecule has 0 amide bonds. The number of rotatable bonds is 3. The van der Waals surface area contributed by atoms with Crippen molar-refractivity contribution in [2.75, 3.05) is 7.11 Å². The number of carbonyl (C=O) groups excluding carboxylic acids is 1. The number of hydrogen-bond acceptors (Lipinski definition) is 4. The molecule has 0 spiro atoms. The first kappa shape index (κ1) is 29.4. The summed E-state index contributed by atoms with van der Waals surface area (Å²) in [6.07, 6.45) is 12.4. The summed E-state index contributed by atoms with van der Waals surface area (Å²) < 4.78 is 5.33. The molecule has 228 valence electrons. The highest BCUT2D eigenvalue weighted by Gasteiger charge is 2.65. The zero-order chi connectivity index (χ0) is 31.9. The Morgan fingerprint density at radius 2 is 1.43 bits per heavy atom. The lowest BCUT2D eigenvalue weighted by molar-refractivity contribution is -0.160. The third-order valence-electron chi connectivity index (χ3n) is 10.9. The SMILES string of the molecule is C=Cc1c2[nH]c(c1C)C=C1NC(=Cc3[nH]c(c(C)c3C)C=c3[nH]c(c(C)c3C)=C2)C2(C)C1CC=C(C(=O)O)C2(C)C(=O)OC. The zero-order valence-corrected chi connectivity index (χ0v) is 26.6. The van der Waals surface area contributed by atoms with Crippen LogP contribution in [0.15, 0.2) is 29.6 Å². The van der Waals surface area contributed by atoms with Crippen LogP contribution in [0.4, 0.5) is 0 Å². The second kappa shape index (κ2) is 9.91. The molecular weight excluding hydrogens is 552 g/mol. The number of aliphatic carboxylic acids is 1. The molecule has 8 bridgehead atoms. The van der Waals surface area contributed by atoms with Crippen molar-refractivity contribution in [3.8, 4) is 0 Å². The van der Waals surface area contributed by atoms with Gasteiger partial charge >= 0.3 is 11.9 Å². The maximum Gasteiger partial charge on any atom is 0.332 e. The number of aromatic amines is 3. The highest BCUT2D eigenvalue weighted by Crippen LogP contribution is 2.63. The van der Waals surface area contributed by atoms with Crippen molar-refractivity contribution in [1.82, 2.24) is 20.3 Å². The van der Waals surface area contributed by atoms with E-state index in [2.05, 4.69) is 79.7 Å². The first-order valence-electron chi connectivity index (χ1n) is 14.9. The van der Waals surface area contributed by atoms with Gasteiger partial charge < -0.3 is 30.1 Å². The van der Waals surface area contributed by atoms with Crippen LogP contribution in [-0.4, -0.2) is 39.1 Å². The van der Waals surface area contributed by atoms with Crippen molar-refractivity contribution in [3.05, 3.63) is 96.5 Å². The fraction of sp³-hybridized carbons (Fsp3) is 0.333. The number of fused-ring (bicyclic) bond motifs is 11. The second-order valence-electron chi connectivity index (χ2n) is 12.7. The maximum absolute atomic E-state index is 13.7. The summed E-state index contributed by atoms with van der Waals surface area (Å²) in [5.74, 6) is -1.93. The van der Waals surface area contributed by atoms with Gasteiger partial charge in [0.1, 0.15) is 5.41 Å². The van der Waals surface area contributed by atoms with E-state index in [1.54, 1.807) is 13.0 Å². The Balaban J connectivity index is 1.74. The lowest BCUT2D eigenvalue weighted by Gasteiger charge is -2.48. The highest BCUT2D eigenvalue weighted by atomic mass is 16.5. The fourth-order valence-corrected chi connectivity index (χ4v) is 7.53. The minimum atomic E-state index is -1.47. The van der Waals surface area contributed by atoms with Crippen LogP contribution in [0.5, 0.6) is 0 Å². The number of nitrogens with one attached hydrogen (secondary N) is 4. The molecule has 1 saturated heterocycles. The Labute approximate surface area is 257 Å². The van der Waals surface area contributed by atoms with E-state index < -0.39 is 22.8 Å². The van der Waals surface area contributed by atoms with Gasteiger partial charge in [0.05, 0.1) is 12.7 Å². The number of methoxy groups -OCH3 is 1. The van der Waals surface area contributed by atoms with Crippen LogP contribution < -0.4 is 16.0 Å². The fourth-order valence-electron chi connectivity index (χ4n) is 7.53. The van der Waals surface area contributed by atoms with Crippen molar-refractivity contribution in [2.24, 2.45) is 16.7 Å².